The minimum atomic E-state index is -5.20. The third-order valence-corrected chi connectivity index (χ3v) is 7.63. The summed E-state index contributed by atoms with van der Waals surface area (Å²) in [6.45, 7) is 6.64. The summed E-state index contributed by atoms with van der Waals surface area (Å²) in [5.41, 5.74) is -3.72. The van der Waals surface area contributed by atoms with Gasteiger partial charge in [-0.15, -0.1) is 0 Å². The maximum absolute atomic E-state index is 14.7. The number of carbonyl (C=O) groups is 2. The van der Waals surface area contributed by atoms with Gasteiger partial charge in [-0.2, -0.15) is 13.2 Å². The molecule has 0 saturated heterocycles. The van der Waals surface area contributed by atoms with Crippen molar-refractivity contribution in [3.8, 4) is 28.5 Å². The van der Waals surface area contributed by atoms with Crippen molar-refractivity contribution < 1.29 is 46.5 Å². The Kier molecular flexibility index (Phi) is 8.87. The highest BCUT2D eigenvalue weighted by molar-refractivity contribution is 5.96. The zero-order chi connectivity index (χ0) is 31.7. The summed E-state index contributed by atoms with van der Waals surface area (Å²) in [4.78, 5) is 28.6. The Hall–Kier alpha value is -3.99. The van der Waals surface area contributed by atoms with Crippen LogP contribution in [-0.4, -0.2) is 48.2 Å². The highest BCUT2D eigenvalue weighted by Crippen LogP contribution is 2.48. The number of hydrogen-bond acceptors (Lipinski definition) is 7. The molecule has 1 unspecified atom stereocenters. The molecule has 0 aliphatic carbocycles. The van der Waals surface area contributed by atoms with E-state index in [1.807, 2.05) is 13.8 Å². The minimum Gasteiger partial charge on any atom is -0.493 e. The van der Waals surface area contributed by atoms with Gasteiger partial charge < -0.3 is 19.3 Å². The van der Waals surface area contributed by atoms with Crippen molar-refractivity contribution in [2.45, 2.75) is 64.1 Å². The van der Waals surface area contributed by atoms with E-state index in [1.54, 1.807) is 0 Å². The lowest BCUT2D eigenvalue weighted by atomic mass is 9.77. The maximum atomic E-state index is 14.7. The van der Waals surface area contributed by atoms with Crippen molar-refractivity contribution in [2.75, 3.05) is 20.3 Å². The molecule has 0 spiro atoms. The van der Waals surface area contributed by atoms with Gasteiger partial charge in [0, 0.05) is 23.1 Å². The molecule has 2 heterocycles. The molecule has 2 aromatic carbocycles. The predicted octanol–water partition coefficient (Wildman–Crippen LogP) is 6.65. The number of aliphatic hydroxyl groups is 1. The molecule has 4 rings (SSSR count). The number of ether oxygens (including phenoxy) is 3. The van der Waals surface area contributed by atoms with Gasteiger partial charge in [0.05, 0.1) is 19.4 Å². The largest absolute Gasteiger partial charge is 0.493 e. The molecular weight excluding hydrogens is 570 g/mol. The number of pyridine rings is 1. The molecule has 7 nitrogen and oxygen atoms in total. The number of alkyl halides is 3. The molecule has 43 heavy (non-hydrogen) atoms. The summed E-state index contributed by atoms with van der Waals surface area (Å²) < 4.78 is 74.6. The molecule has 0 fully saturated rings. The van der Waals surface area contributed by atoms with Crippen LogP contribution in [0.1, 0.15) is 67.2 Å². The first-order chi connectivity index (χ1) is 20.1. The maximum Gasteiger partial charge on any atom is 0.422 e. The van der Waals surface area contributed by atoms with Crippen LogP contribution >= 0.6 is 0 Å². The summed E-state index contributed by atoms with van der Waals surface area (Å²) in [5, 5.41) is 11.3. The molecule has 1 aliphatic rings. The number of aromatic nitrogens is 1. The molecule has 0 saturated carbocycles. The number of benzene rings is 2. The molecule has 3 aromatic rings. The lowest BCUT2D eigenvalue weighted by Gasteiger charge is -2.36. The number of ketones is 2. The van der Waals surface area contributed by atoms with Crippen LogP contribution in [-0.2, 0) is 15.8 Å². The lowest BCUT2D eigenvalue weighted by molar-refractivity contribution is -0.270. The number of halogens is 4. The van der Waals surface area contributed by atoms with Crippen LogP contribution in [0.4, 0.5) is 17.6 Å². The fraction of sp³-hybridized carbons (Fsp3) is 0.406. The number of carbonyl (C=O) groups excluding carboxylic acids is 2. The van der Waals surface area contributed by atoms with Crippen LogP contribution in [0.3, 0.4) is 0 Å². The average molecular weight is 604 g/mol. The number of hydrogen-bond donors (Lipinski definition) is 1. The van der Waals surface area contributed by atoms with Gasteiger partial charge in [0.2, 0.25) is 5.60 Å². The van der Waals surface area contributed by atoms with Gasteiger partial charge >= 0.3 is 6.18 Å². The quantitative estimate of drug-likeness (QED) is 0.205. The Morgan fingerprint density at radius 2 is 1.81 bits per heavy atom. The normalized spacial score (nSPS) is 15.6. The Morgan fingerprint density at radius 1 is 1.09 bits per heavy atom. The van der Waals surface area contributed by atoms with Crippen molar-refractivity contribution in [3.63, 3.8) is 0 Å². The van der Waals surface area contributed by atoms with E-state index in [2.05, 4.69) is 4.98 Å². The van der Waals surface area contributed by atoms with Gasteiger partial charge in [-0.25, -0.2) is 9.37 Å². The number of fused-ring (bicyclic) bond motifs is 1. The number of rotatable bonds is 10. The second-order valence-corrected chi connectivity index (χ2v) is 11.3. The van der Waals surface area contributed by atoms with Crippen LogP contribution < -0.4 is 14.2 Å². The number of nitrogens with zero attached hydrogens (tertiary/aromatic N) is 1. The zero-order valence-corrected chi connectivity index (χ0v) is 24.5. The standard InChI is InChI=1S/C32H33F4NO6/c1-18-14-21(6-8-23(18)33)28-29-22(30(3,4)12-13-42-29)16-27(37-28)31(40,32(34,35)36)11-10-24(39)20-7-9-25(26(15-20)41-5)43-17-19(2)38/h6-9,14-16,40H,10-13,17H2,1-5H3. The fourth-order valence-corrected chi connectivity index (χ4v) is 4.92. The molecule has 1 aliphatic heterocycles. The van der Waals surface area contributed by atoms with Crippen LogP contribution in [0.25, 0.3) is 11.3 Å². The second kappa shape index (κ2) is 11.9. The van der Waals surface area contributed by atoms with Crippen molar-refractivity contribution in [3.05, 3.63) is 70.7 Å². The van der Waals surface area contributed by atoms with Crippen molar-refractivity contribution in [1.29, 1.82) is 0 Å². The molecule has 1 atom stereocenters. The average Bonchev–Trinajstić information content (AvgIpc) is 2.94. The number of aryl methyl sites for hydroxylation is 1. The van der Waals surface area contributed by atoms with E-state index >= 15 is 0 Å². The zero-order valence-electron chi connectivity index (χ0n) is 24.5. The first-order valence-electron chi connectivity index (χ1n) is 13.7. The summed E-state index contributed by atoms with van der Waals surface area (Å²) >= 11 is 0. The second-order valence-electron chi connectivity index (χ2n) is 11.3. The van der Waals surface area contributed by atoms with Crippen LogP contribution in [0, 0.1) is 12.7 Å². The van der Waals surface area contributed by atoms with E-state index < -0.39 is 47.3 Å². The number of Topliss-reactive ketones (excluding diaryl/α,β-unsaturated/α-hetero) is 2. The Labute approximate surface area is 246 Å². The van der Waals surface area contributed by atoms with E-state index in [9.17, 15) is 32.3 Å². The van der Waals surface area contributed by atoms with E-state index in [1.165, 1.54) is 63.4 Å². The van der Waals surface area contributed by atoms with E-state index in [0.29, 0.717) is 24.2 Å². The molecular formula is C32H33F4NO6. The Morgan fingerprint density at radius 3 is 2.44 bits per heavy atom. The summed E-state index contributed by atoms with van der Waals surface area (Å²) in [6, 6.07) is 9.27. The number of methoxy groups -OCH3 is 1. The highest BCUT2D eigenvalue weighted by Gasteiger charge is 2.56. The van der Waals surface area contributed by atoms with Crippen LogP contribution in [0.15, 0.2) is 42.5 Å². The summed E-state index contributed by atoms with van der Waals surface area (Å²) in [5.74, 6) is -0.836. The van der Waals surface area contributed by atoms with Gasteiger partial charge in [-0.05, 0) is 80.1 Å². The van der Waals surface area contributed by atoms with Crippen molar-refractivity contribution in [2.24, 2.45) is 0 Å². The molecule has 0 bridgehead atoms. The minimum absolute atomic E-state index is 0.0342. The first-order valence-corrected chi connectivity index (χ1v) is 13.7. The van der Waals surface area contributed by atoms with Crippen LogP contribution in [0.5, 0.6) is 17.2 Å². The molecule has 230 valence electrons. The molecule has 0 amide bonds. The third-order valence-electron chi connectivity index (χ3n) is 7.63. The molecule has 11 heteroatoms. The Bertz CT molecular complexity index is 1550. The summed E-state index contributed by atoms with van der Waals surface area (Å²) in [6.07, 6.45) is -6.40. The van der Waals surface area contributed by atoms with E-state index in [-0.39, 0.29) is 46.5 Å². The van der Waals surface area contributed by atoms with Gasteiger partial charge in [0.25, 0.3) is 0 Å². The molecule has 1 aromatic heterocycles. The first kappa shape index (κ1) is 31.9. The van der Waals surface area contributed by atoms with Crippen molar-refractivity contribution >= 4 is 11.6 Å². The predicted molar refractivity (Wildman–Crippen MR) is 150 cm³/mol. The van der Waals surface area contributed by atoms with Gasteiger partial charge in [-0.1, -0.05) is 13.8 Å². The Balaban J connectivity index is 1.74. The van der Waals surface area contributed by atoms with E-state index in [4.69, 9.17) is 14.2 Å². The molecule has 1 N–H and O–H groups in total. The smallest absolute Gasteiger partial charge is 0.422 e. The topological polar surface area (TPSA) is 95.0 Å². The highest BCUT2D eigenvalue weighted by atomic mass is 19.4. The third kappa shape index (κ3) is 6.51. The SMILES string of the molecule is COc1cc(C(=O)CCC(O)(c2cc3c(c(-c4ccc(F)c(C)c4)n2)OCCC3(C)C)C(F)(F)F)ccc1OCC(C)=O. The summed E-state index contributed by atoms with van der Waals surface area (Å²) in [7, 11) is 1.32. The van der Waals surface area contributed by atoms with Crippen LogP contribution in [0.2, 0.25) is 0 Å². The van der Waals surface area contributed by atoms with Gasteiger partial charge in [0.1, 0.15) is 23.9 Å². The lowest BCUT2D eigenvalue weighted by Crippen LogP contribution is -2.44. The van der Waals surface area contributed by atoms with Gasteiger partial charge in [-0.3, -0.25) is 9.59 Å². The molecule has 0 radical (unpaired) electrons. The monoisotopic (exact) mass is 603 g/mol. The fourth-order valence-electron chi connectivity index (χ4n) is 4.92. The van der Waals surface area contributed by atoms with E-state index in [0.717, 1.165) is 0 Å². The van der Waals surface area contributed by atoms with Crippen molar-refractivity contribution in [1.82, 2.24) is 4.98 Å². The van der Waals surface area contributed by atoms with Gasteiger partial charge in [0.15, 0.2) is 23.1 Å².